The van der Waals surface area contributed by atoms with Gasteiger partial charge >= 0.3 is 5.97 Å². The lowest BCUT2D eigenvalue weighted by molar-refractivity contribution is -0.141. The van der Waals surface area contributed by atoms with Gasteiger partial charge in [0.15, 0.2) is 0 Å². The van der Waals surface area contributed by atoms with Crippen molar-refractivity contribution in [1.29, 1.82) is 0 Å². The first kappa shape index (κ1) is 15.5. The molecule has 4 heteroatoms. The number of ether oxygens (including phenoxy) is 2. The molecule has 0 aliphatic rings. The predicted molar refractivity (Wildman–Crippen MR) is 75.3 cm³/mol. The number of methoxy groups -OCH3 is 2. The van der Waals surface area contributed by atoms with Gasteiger partial charge in [-0.3, -0.25) is 4.79 Å². The smallest absolute Gasteiger partial charge is 0.307 e. The first-order valence-corrected chi connectivity index (χ1v) is 6.30. The third kappa shape index (κ3) is 3.96. The van der Waals surface area contributed by atoms with Crippen LogP contribution in [-0.4, -0.2) is 20.2 Å². The van der Waals surface area contributed by atoms with Gasteiger partial charge in [0.2, 0.25) is 0 Å². The molecule has 1 aromatic rings. The quantitative estimate of drug-likeness (QED) is 0.850. The van der Waals surface area contributed by atoms with E-state index in [0.29, 0.717) is 5.75 Å². The average Bonchev–Trinajstić information content (AvgIpc) is 2.36. The zero-order valence-electron chi connectivity index (χ0n) is 12.3. The molecule has 0 saturated heterocycles. The Morgan fingerprint density at radius 2 is 1.95 bits per heavy atom. The molecule has 0 spiro atoms. The molecular formula is C15H23NO3. The molecule has 0 aliphatic carbocycles. The fourth-order valence-electron chi connectivity index (χ4n) is 1.86. The lowest BCUT2D eigenvalue weighted by atomic mass is 9.85. The minimum Gasteiger partial charge on any atom is -0.496 e. The molecule has 4 nitrogen and oxygen atoms in total. The van der Waals surface area contributed by atoms with E-state index in [9.17, 15) is 4.79 Å². The normalized spacial score (nSPS) is 12.9. The van der Waals surface area contributed by atoms with Gasteiger partial charge in [0.25, 0.3) is 0 Å². The molecule has 0 amide bonds. The monoisotopic (exact) mass is 265 g/mol. The van der Waals surface area contributed by atoms with Gasteiger partial charge in [-0.25, -0.2) is 0 Å². The second-order valence-electron chi connectivity index (χ2n) is 5.59. The molecular weight excluding hydrogens is 242 g/mol. The van der Waals surface area contributed by atoms with Gasteiger partial charge in [-0.2, -0.15) is 0 Å². The van der Waals surface area contributed by atoms with Gasteiger partial charge in [0.1, 0.15) is 5.75 Å². The second-order valence-corrected chi connectivity index (χ2v) is 5.59. The topological polar surface area (TPSA) is 61.5 Å². The van der Waals surface area contributed by atoms with Crippen LogP contribution < -0.4 is 10.5 Å². The molecule has 19 heavy (non-hydrogen) atoms. The van der Waals surface area contributed by atoms with Crippen LogP contribution in [0.1, 0.15) is 44.4 Å². The van der Waals surface area contributed by atoms with E-state index in [1.54, 1.807) is 7.11 Å². The van der Waals surface area contributed by atoms with Crippen LogP contribution in [0.15, 0.2) is 18.2 Å². The van der Waals surface area contributed by atoms with E-state index in [2.05, 4.69) is 25.5 Å². The van der Waals surface area contributed by atoms with Crippen molar-refractivity contribution in [3.63, 3.8) is 0 Å². The first-order valence-electron chi connectivity index (χ1n) is 6.30. The summed E-state index contributed by atoms with van der Waals surface area (Å²) in [6, 6.07) is 5.50. The molecule has 0 aromatic heterocycles. The number of nitrogens with two attached hydrogens (primary N) is 1. The number of carbonyl (C=O) groups excluding carboxylic acids is 1. The highest BCUT2D eigenvalue weighted by atomic mass is 16.5. The van der Waals surface area contributed by atoms with Crippen molar-refractivity contribution < 1.29 is 14.3 Å². The number of carbonyl (C=O) groups is 1. The average molecular weight is 265 g/mol. The Hall–Kier alpha value is -1.55. The first-order chi connectivity index (χ1) is 8.79. The third-order valence-electron chi connectivity index (χ3n) is 3.11. The fourth-order valence-corrected chi connectivity index (χ4v) is 1.86. The van der Waals surface area contributed by atoms with E-state index in [4.69, 9.17) is 10.5 Å². The lowest BCUT2D eigenvalue weighted by Gasteiger charge is -2.23. The summed E-state index contributed by atoms with van der Waals surface area (Å²) >= 11 is 0. The molecule has 0 bridgehead atoms. The van der Waals surface area contributed by atoms with Crippen molar-refractivity contribution in [3.05, 3.63) is 29.3 Å². The molecule has 1 unspecified atom stereocenters. The summed E-state index contributed by atoms with van der Waals surface area (Å²) in [4.78, 5) is 11.3. The molecule has 1 rings (SSSR count). The second kappa shape index (κ2) is 6.06. The van der Waals surface area contributed by atoms with Gasteiger partial charge in [0.05, 0.1) is 20.6 Å². The molecule has 0 saturated carbocycles. The van der Waals surface area contributed by atoms with E-state index in [1.807, 2.05) is 18.2 Å². The van der Waals surface area contributed by atoms with Gasteiger partial charge in [-0.15, -0.1) is 0 Å². The summed E-state index contributed by atoms with van der Waals surface area (Å²) < 4.78 is 9.97. The number of rotatable bonds is 4. The van der Waals surface area contributed by atoms with Gasteiger partial charge < -0.3 is 15.2 Å². The Balaban J connectivity index is 3.12. The molecule has 2 N–H and O–H groups in total. The van der Waals surface area contributed by atoms with E-state index in [0.717, 1.165) is 11.1 Å². The van der Waals surface area contributed by atoms with E-state index in [1.165, 1.54) is 7.11 Å². The summed E-state index contributed by atoms with van der Waals surface area (Å²) in [7, 11) is 2.96. The summed E-state index contributed by atoms with van der Waals surface area (Å²) in [5, 5.41) is 0. The van der Waals surface area contributed by atoms with Crippen LogP contribution in [0.5, 0.6) is 5.75 Å². The predicted octanol–water partition coefficient (Wildman–Crippen LogP) is 2.56. The molecule has 1 atom stereocenters. The fraction of sp³-hybridized carbons (Fsp3) is 0.533. The molecule has 0 fully saturated rings. The maximum absolute atomic E-state index is 11.3. The van der Waals surface area contributed by atoms with Crippen molar-refractivity contribution in [3.8, 4) is 5.75 Å². The van der Waals surface area contributed by atoms with E-state index >= 15 is 0 Å². The van der Waals surface area contributed by atoms with Crippen molar-refractivity contribution in [2.45, 2.75) is 38.6 Å². The Bertz CT molecular complexity index is 449. The third-order valence-corrected chi connectivity index (χ3v) is 3.11. The largest absolute Gasteiger partial charge is 0.496 e. The Morgan fingerprint density at radius 1 is 1.32 bits per heavy atom. The highest BCUT2D eigenvalue weighted by Gasteiger charge is 2.20. The van der Waals surface area contributed by atoms with Gasteiger partial charge in [-0.05, 0) is 23.1 Å². The Labute approximate surface area is 114 Å². The molecule has 1 aromatic carbocycles. The van der Waals surface area contributed by atoms with Crippen molar-refractivity contribution in [2.24, 2.45) is 5.73 Å². The van der Waals surface area contributed by atoms with Crippen LogP contribution in [-0.2, 0) is 14.9 Å². The minimum atomic E-state index is -0.426. The molecule has 0 heterocycles. The van der Waals surface area contributed by atoms with Crippen LogP contribution in [0, 0.1) is 0 Å². The zero-order chi connectivity index (χ0) is 14.6. The van der Waals surface area contributed by atoms with Crippen LogP contribution >= 0.6 is 0 Å². The summed E-state index contributed by atoms with van der Waals surface area (Å²) in [5.41, 5.74) is 8.09. The minimum absolute atomic E-state index is 0.0198. The highest BCUT2D eigenvalue weighted by molar-refractivity contribution is 5.70. The molecule has 0 aliphatic heterocycles. The summed E-state index contributed by atoms with van der Waals surface area (Å²) in [5.74, 6) is 0.375. The van der Waals surface area contributed by atoms with E-state index < -0.39 is 6.04 Å². The summed E-state index contributed by atoms with van der Waals surface area (Å²) in [6.45, 7) is 6.39. The van der Waals surface area contributed by atoms with Gasteiger partial charge in [0, 0.05) is 11.6 Å². The van der Waals surface area contributed by atoms with Gasteiger partial charge in [-0.1, -0.05) is 26.8 Å². The summed E-state index contributed by atoms with van der Waals surface area (Å²) in [6.07, 6.45) is 0.139. The maximum Gasteiger partial charge on any atom is 0.307 e. The number of benzene rings is 1. The van der Waals surface area contributed by atoms with Crippen LogP contribution in [0.3, 0.4) is 0 Å². The number of hydrogen-bond acceptors (Lipinski definition) is 4. The number of esters is 1. The van der Waals surface area contributed by atoms with E-state index in [-0.39, 0.29) is 17.8 Å². The molecule has 0 radical (unpaired) electrons. The van der Waals surface area contributed by atoms with Crippen molar-refractivity contribution in [2.75, 3.05) is 14.2 Å². The van der Waals surface area contributed by atoms with Crippen LogP contribution in [0.25, 0.3) is 0 Å². The Kier molecular flexibility index (Phi) is 4.95. The zero-order valence-corrected chi connectivity index (χ0v) is 12.3. The van der Waals surface area contributed by atoms with Crippen molar-refractivity contribution >= 4 is 5.97 Å². The maximum atomic E-state index is 11.3. The van der Waals surface area contributed by atoms with Crippen molar-refractivity contribution in [1.82, 2.24) is 0 Å². The molecule has 106 valence electrons. The highest BCUT2D eigenvalue weighted by Crippen LogP contribution is 2.31. The number of hydrogen-bond donors (Lipinski definition) is 1. The Morgan fingerprint density at radius 3 is 2.42 bits per heavy atom. The standard InChI is InChI=1S/C15H23NO3/c1-15(2,3)10-6-7-13(18-4)11(8-10)12(16)9-14(17)19-5/h6-8,12H,9,16H2,1-5H3. The SMILES string of the molecule is COC(=O)CC(N)c1cc(C(C)(C)C)ccc1OC. The van der Waals surface area contributed by atoms with Crippen LogP contribution in [0.4, 0.5) is 0 Å². The lowest BCUT2D eigenvalue weighted by Crippen LogP contribution is -2.19. The van der Waals surface area contributed by atoms with Crippen LogP contribution in [0.2, 0.25) is 0 Å².